The van der Waals surface area contributed by atoms with Crippen LogP contribution >= 0.6 is 0 Å². The van der Waals surface area contributed by atoms with E-state index < -0.39 is 0 Å². The number of hydrogen-bond acceptors (Lipinski definition) is 2. The molecule has 3 rings (SSSR count). The lowest BCUT2D eigenvalue weighted by Gasteiger charge is -2.17. The fraction of sp³-hybridized carbons (Fsp3) is 0.333. The minimum absolute atomic E-state index is 0.00954. The fourth-order valence-electron chi connectivity index (χ4n) is 2.97. The molecule has 2 atom stereocenters. The first-order valence-electron chi connectivity index (χ1n) is 6.11. The molecule has 0 aliphatic heterocycles. The van der Waals surface area contributed by atoms with Crippen LogP contribution in [0, 0.1) is 5.92 Å². The summed E-state index contributed by atoms with van der Waals surface area (Å²) in [7, 11) is 0. The molecule has 1 aliphatic rings. The van der Waals surface area contributed by atoms with Gasteiger partial charge in [0.15, 0.2) is 0 Å². The maximum Gasteiger partial charge on any atom is 0.0468 e. The Kier molecular flexibility index (Phi) is 2.42. The number of rotatable bonds is 3. The monoisotopic (exact) mass is 227 g/mol. The van der Waals surface area contributed by atoms with Gasteiger partial charge >= 0.3 is 0 Å². The van der Waals surface area contributed by atoms with Crippen LogP contribution in [-0.2, 0) is 5.41 Å². The summed E-state index contributed by atoms with van der Waals surface area (Å²) in [5.41, 5.74) is 7.26. The third-order valence-electron chi connectivity index (χ3n) is 4.14. The zero-order valence-corrected chi connectivity index (χ0v) is 9.76. The molecular weight excluding hydrogens is 210 g/mol. The summed E-state index contributed by atoms with van der Waals surface area (Å²) in [6.45, 7) is 0.854. The molecule has 0 aromatic heterocycles. The van der Waals surface area contributed by atoms with Gasteiger partial charge in [-0.3, -0.25) is 0 Å². The number of hydrogen-bond donors (Lipinski definition) is 2. The quantitative estimate of drug-likeness (QED) is 0.843. The lowest BCUT2D eigenvalue weighted by atomic mass is 9.89. The Bertz CT molecular complexity index is 546. The summed E-state index contributed by atoms with van der Waals surface area (Å²) < 4.78 is 0. The van der Waals surface area contributed by atoms with Crippen molar-refractivity contribution in [3.05, 3.63) is 48.0 Å². The Morgan fingerprint density at radius 3 is 2.65 bits per heavy atom. The van der Waals surface area contributed by atoms with Crippen molar-refractivity contribution in [3.63, 3.8) is 0 Å². The second-order valence-electron chi connectivity index (χ2n) is 4.97. The molecule has 1 aliphatic carbocycles. The zero-order valence-electron chi connectivity index (χ0n) is 9.76. The summed E-state index contributed by atoms with van der Waals surface area (Å²) in [5.74, 6) is 0.332. The zero-order chi connectivity index (χ0) is 11.9. The first-order valence-corrected chi connectivity index (χ1v) is 6.11. The van der Waals surface area contributed by atoms with E-state index in [0.29, 0.717) is 12.5 Å². The van der Waals surface area contributed by atoms with E-state index in [-0.39, 0.29) is 12.0 Å². The van der Waals surface area contributed by atoms with E-state index in [2.05, 4.69) is 42.5 Å². The first-order chi connectivity index (χ1) is 8.31. The van der Waals surface area contributed by atoms with Crippen LogP contribution < -0.4 is 5.73 Å². The van der Waals surface area contributed by atoms with Gasteiger partial charge in [-0.15, -0.1) is 0 Å². The van der Waals surface area contributed by atoms with Gasteiger partial charge in [0.25, 0.3) is 0 Å². The molecule has 0 heterocycles. The van der Waals surface area contributed by atoms with Crippen molar-refractivity contribution in [2.45, 2.75) is 11.8 Å². The lowest BCUT2D eigenvalue weighted by Crippen LogP contribution is -2.23. The van der Waals surface area contributed by atoms with Crippen LogP contribution in [0.4, 0.5) is 0 Å². The van der Waals surface area contributed by atoms with Crippen molar-refractivity contribution in [2.75, 3.05) is 13.2 Å². The maximum absolute atomic E-state index is 9.35. The van der Waals surface area contributed by atoms with E-state index in [1.807, 2.05) is 0 Å². The summed E-state index contributed by atoms with van der Waals surface area (Å²) in [4.78, 5) is 0. The predicted molar refractivity (Wildman–Crippen MR) is 69.9 cm³/mol. The first kappa shape index (κ1) is 10.8. The molecule has 0 amide bonds. The Balaban J connectivity index is 2.18. The van der Waals surface area contributed by atoms with Gasteiger partial charge in [0.05, 0.1) is 0 Å². The van der Waals surface area contributed by atoms with Gasteiger partial charge in [-0.2, -0.15) is 0 Å². The third-order valence-corrected chi connectivity index (χ3v) is 4.14. The Morgan fingerprint density at radius 1 is 1.18 bits per heavy atom. The molecule has 2 unspecified atom stereocenters. The molecule has 2 nitrogen and oxygen atoms in total. The predicted octanol–water partition coefficient (Wildman–Crippen LogP) is 2.05. The average Bonchev–Trinajstić information content (AvgIpc) is 3.13. The van der Waals surface area contributed by atoms with Crippen molar-refractivity contribution in [2.24, 2.45) is 11.7 Å². The Labute approximate surface area is 101 Å². The third kappa shape index (κ3) is 1.48. The smallest absolute Gasteiger partial charge is 0.0468 e. The molecule has 0 bridgehead atoms. The molecule has 0 spiro atoms. The highest BCUT2D eigenvalue weighted by Crippen LogP contribution is 2.54. The number of fused-ring (bicyclic) bond motifs is 1. The molecule has 0 saturated heterocycles. The standard InChI is InChI=1S/C15H17NO/c16-10-15(8-12(15)9-17)14-7-3-5-11-4-1-2-6-13(11)14/h1-7,12,17H,8-10,16H2. The van der Waals surface area contributed by atoms with Crippen molar-refractivity contribution in [3.8, 4) is 0 Å². The van der Waals surface area contributed by atoms with Crippen molar-refractivity contribution < 1.29 is 5.11 Å². The Hall–Kier alpha value is -1.38. The van der Waals surface area contributed by atoms with E-state index in [1.54, 1.807) is 0 Å². The summed E-state index contributed by atoms with van der Waals surface area (Å²) >= 11 is 0. The van der Waals surface area contributed by atoms with Gasteiger partial charge in [-0.25, -0.2) is 0 Å². The van der Waals surface area contributed by atoms with Crippen LogP contribution in [0.3, 0.4) is 0 Å². The van der Waals surface area contributed by atoms with Crippen LogP contribution in [0.25, 0.3) is 10.8 Å². The van der Waals surface area contributed by atoms with E-state index >= 15 is 0 Å². The van der Waals surface area contributed by atoms with Gasteiger partial charge in [-0.05, 0) is 28.7 Å². The highest BCUT2D eigenvalue weighted by Gasteiger charge is 2.54. The lowest BCUT2D eigenvalue weighted by molar-refractivity contribution is 0.264. The van der Waals surface area contributed by atoms with Gasteiger partial charge in [0, 0.05) is 18.6 Å². The number of aliphatic hydroxyl groups is 1. The fourth-order valence-corrected chi connectivity index (χ4v) is 2.97. The maximum atomic E-state index is 9.35. The molecule has 1 fully saturated rings. The number of nitrogens with two attached hydrogens (primary N) is 1. The van der Waals surface area contributed by atoms with Gasteiger partial charge in [0.2, 0.25) is 0 Å². The Morgan fingerprint density at radius 2 is 1.94 bits per heavy atom. The van der Waals surface area contributed by atoms with Crippen molar-refractivity contribution in [1.82, 2.24) is 0 Å². The van der Waals surface area contributed by atoms with Crippen LogP contribution in [0.5, 0.6) is 0 Å². The average molecular weight is 227 g/mol. The van der Waals surface area contributed by atoms with E-state index in [9.17, 15) is 5.11 Å². The SMILES string of the molecule is NCC1(c2cccc3ccccc23)CC1CO. The van der Waals surface area contributed by atoms with Crippen LogP contribution in [0.2, 0.25) is 0 Å². The normalized spacial score (nSPS) is 27.3. The summed E-state index contributed by atoms with van der Waals surface area (Å²) in [6, 6.07) is 14.8. The largest absolute Gasteiger partial charge is 0.396 e. The summed E-state index contributed by atoms with van der Waals surface area (Å²) in [6.07, 6.45) is 1.01. The topological polar surface area (TPSA) is 46.2 Å². The second-order valence-corrected chi connectivity index (χ2v) is 4.97. The molecular formula is C15H17NO. The molecule has 3 N–H and O–H groups in total. The van der Waals surface area contributed by atoms with E-state index in [4.69, 9.17) is 5.73 Å². The molecule has 17 heavy (non-hydrogen) atoms. The van der Waals surface area contributed by atoms with Gasteiger partial charge in [-0.1, -0.05) is 42.5 Å². The van der Waals surface area contributed by atoms with Crippen LogP contribution in [0.1, 0.15) is 12.0 Å². The van der Waals surface area contributed by atoms with Gasteiger partial charge < -0.3 is 10.8 Å². The summed E-state index contributed by atoms with van der Waals surface area (Å²) in [5, 5.41) is 11.9. The molecule has 2 heteroatoms. The number of aliphatic hydroxyl groups excluding tert-OH is 1. The second kappa shape index (κ2) is 3.83. The molecule has 0 radical (unpaired) electrons. The van der Waals surface area contributed by atoms with Crippen LogP contribution in [0.15, 0.2) is 42.5 Å². The minimum atomic E-state index is 0.00954. The van der Waals surface area contributed by atoms with E-state index in [1.165, 1.54) is 16.3 Å². The minimum Gasteiger partial charge on any atom is -0.396 e. The highest BCUT2D eigenvalue weighted by atomic mass is 16.3. The van der Waals surface area contributed by atoms with Crippen molar-refractivity contribution in [1.29, 1.82) is 0 Å². The molecule has 88 valence electrons. The molecule has 1 saturated carbocycles. The van der Waals surface area contributed by atoms with Crippen molar-refractivity contribution >= 4 is 10.8 Å². The highest BCUT2D eigenvalue weighted by molar-refractivity contribution is 5.87. The number of benzene rings is 2. The van der Waals surface area contributed by atoms with Gasteiger partial charge in [0.1, 0.15) is 0 Å². The van der Waals surface area contributed by atoms with E-state index in [0.717, 1.165) is 6.42 Å². The molecule has 2 aromatic rings. The van der Waals surface area contributed by atoms with Crippen LogP contribution in [-0.4, -0.2) is 18.3 Å². The molecule has 2 aromatic carbocycles.